The van der Waals surface area contributed by atoms with Crippen LogP contribution < -0.4 is 5.43 Å². The summed E-state index contributed by atoms with van der Waals surface area (Å²) in [5.41, 5.74) is 2.39. The highest BCUT2D eigenvalue weighted by molar-refractivity contribution is 5.22. The van der Waals surface area contributed by atoms with Gasteiger partial charge in [0.15, 0.2) is 0 Å². The Labute approximate surface area is 72.4 Å². The summed E-state index contributed by atoms with van der Waals surface area (Å²) in [5, 5.41) is 3.24. The highest BCUT2D eigenvalue weighted by Gasteiger charge is 1.43. The summed E-state index contributed by atoms with van der Waals surface area (Å²) in [7, 11) is 0. The summed E-state index contributed by atoms with van der Waals surface area (Å²) >= 11 is 0. The lowest BCUT2D eigenvalue weighted by Gasteiger charge is -1.75. The molecular formula is C9H24N2. The van der Waals surface area contributed by atoms with Gasteiger partial charge in [-0.05, 0) is 0 Å². The predicted octanol–water partition coefficient (Wildman–Crippen LogP) is 3.41. The molecule has 0 heterocycles. The standard InChI is InChI=1S/C3H6N2.3C2H6/c1-3-5-4-2;3*1-2/h3,5H,1-2H2;3*1-2H3. The van der Waals surface area contributed by atoms with Crippen LogP contribution in [-0.2, 0) is 0 Å². The fraction of sp³-hybridized carbons (Fsp3) is 0.667. The Balaban J connectivity index is -0.0000000350. The molecule has 70 valence electrons. The molecule has 0 saturated heterocycles. The summed E-state index contributed by atoms with van der Waals surface area (Å²) in [6.45, 7) is 18.4. The molecule has 0 saturated carbocycles. The first kappa shape index (κ1) is 22.5. The molecule has 0 aromatic carbocycles. The second kappa shape index (κ2) is 127. The van der Waals surface area contributed by atoms with Crippen LogP contribution in [0.4, 0.5) is 0 Å². The van der Waals surface area contributed by atoms with Crippen LogP contribution in [0.1, 0.15) is 41.5 Å². The van der Waals surface area contributed by atoms with Crippen LogP contribution in [0.15, 0.2) is 17.9 Å². The zero-order chi connectivity index (χ0) is 10.1. The minimum Gasteiger partial charge on any atom is -0.287 e. The second-order valence-corrected chi connectivity index (χ2v) is 0.491. The predicted molar refractivity (Wildman–Crippen MR) is 56.9 cm³/mol. The molecule has 0 unspecified atom stereocenters. The first-order valence-electron chi connectivity index (χ1n) is 4.24. The fourth-order valence-electron chi connectivity index (χ4n) is 0.0645. The van der Waals surface area contributed by atoms with Gasteiger partial charge in [0.05, 0.1) is 0 Å². The molecule has 2 nitrogen and oxygen atoms in total. The van der Waals surface area contributed by atoms with Gasteiger partial charge in [0, 0.05) is 12.9 Å². The minimum absolute atomic E-state index is 1.45. The van der Waals surface area contributed by atoms with E-state index in [1.54, 1.807) is 0 Å². The van der Waals surface area contributed by atoms with Gasteiger partial charge in [-0.25, -0.2) is 0 Å². The van der Waals surface area contributed by atoms with Crippen LogP contribution >= 0.6 is 0 Å². The zero-order valence-electron chi connectivity index (χ0n) is 8.94. The van der Waals surface area contributed by atoms with Crippen molar-refractivity contribution in [1.82, 2.24) is 5.43 Å². The van der Waals surface area contributed by atoms with E-state index < -0.39 is 0 Å². The Hall–Kier alpha value is -0.790. The van der Waals surface area contributed by atoms with Crippen molar-refractivity contribution in [2.75, 3.05) is 0 Å². The Kier molecular flexibility index (Phi) is 259. The number of hydrogen-bond acceptors (Lipinski definition) is 2. The first-order valence-corrected chi connectivity index (χ1v) is 4.24. The minimum atomic E-state index is 1.45. The summed E-state index contributed by atoms with van der Waals surface area (Å²) in [5.74, 6) is 0. The van der Waals surface area contributed by atoms with Gasteiger partial charge >= 0.3 is 0 Å². The number of rotatable bonds is 2. The summed E-state index contributed by atoms with van der Waals surface area (Å²) < 4.78 is 0. The third-order valence-electron chi connectivity index (χ3n) is 0.183. The second-order valence-electron chi connectivity index (χ2n) is 0.491. The van der Waals surface area contributed by atoms with Crippen molar-refractivity contribution in [3.8, 4) is 0 Å². The third-order valence-corrected chi connectivity index (χ3v) is 0.183. The maximum atomic E-state index is 3.31. The van der Waals surface area contributed by atoms with E-state index in [0.29, 0.717) is 0 Å². The van der Waals surface area contributed by atoms with Gasteiger partial charge in [-0.3, -0.25) is 5.43 Å². The highest BCUT2D eigenvalue weighted by atomic mass is 15.3. The van der Waals surface area contributed by atoms with E-state index in [-0.39, 0.29) is 0 Å². The molecule has 0 atom stereocenters. The van der Waals surface area contributed by atoms with Gasteiger partial charge in [0.25, 0.3) is 0 Å². The van der Waals surface area contributed by atoms with Gasteiger partial charge in [0.2, 0.25) is 0 Å². The number of nitrogens with one attached hydrogen (secondary N) is 1. The smallest absolute Gasteiger partial charge is 0.0127 e. The van der Waals surface area contributed by atoms with Crippen molar-refractivity contribution in [2.45, 2.75) is 41.5 Å². The molecule has 0 rings (SSSR count). The lowest BCUT2D eigenvalue weighted by Crippen LogP contribution is -1.86. The van der Waals surface area contributed by atoms with Crippen LogP contribution in [0, 0.1) is 0 Å². The molecule has 2 heteroatoms. The number of hydrazone groups is 1. The largest absolute Gasteiger partial charge is 0.287 e. The van der Waals surface area contributed by atoms with Gasteiger partial charge in [0.1, 0.15) is 0 Å². The Morgan fingerprint density at radius 1 is 1.00 bits per heavy atom. The SMILES string of the molecule is C=CNN=C.CC.CC.CC. The lowest BCUT2D eigenvalue weighted by atomic mass is 11.0. The third kappa shape index (κ3) is 327. The quantitative estimate of drug-likeness (QED) is 0.486. The maximum absolute atomic E-state index is 3.31. The van der Waals surface area contributed by atoms with Gasteiger partial charge in [-0.15, -0.1) is 0 Å². The van der Waals surface area contributed by atoms with E-state index in [4.69, 9.17) is 0 Å². The molecule has 0 fully saturated rings. The van der Waals surface area contributed by atoms with Crippen molar-refractivity contribution in [3.63, 3.8) is 0 Å². The van der Waals surface area contributed by atoms with E-state index in [0.717, 1.165) is 0 Å². The van der Waals surface area contributed by atoms with Gasteiger partial charge in [-0.1, -0.05) is 48.1 Å². The molecule has 0 aliphatic rings. The fourth-order valence-corrected chi connectivity index (χ4v) is 0.0645. The average Bonchev–Trinajstić information content (AvgIpc) is 2.16. The van der Waals surface area contributed by atoms with E-state index in [9.17, 15) is 0 Å². The molecule has 0 amide bonds. The first-order chi connectivity index (χ1) is 5.41. The molecular weight excluding hydrogens is 136 g/mol. The number of nitrogens with zero attached hydrogens (tertiary/aromatic N) is 1. The summed E-state index contributed by atoms with van der Waals surface area (Å²) in [4.78, 5) is 0. The topological polar surface area (TPSA) is 24.4 Å². The van der Waals surface area contributed by atoms with Crippen LogP contribution in [0.25, 0.3) is 0 Å². The van der Waals surface area contributed by atoms with Crippen molar-refractivity contribution in [3.05, 3.63) is 12.8 Å². The van der Waals surface area contributed by atoms with Crippen LogP contribution in [0.3, 0.4) is 0 Å². The van der Waals surface area contributed by atoms with Crippen molar-refractivity contribution < 1.29 is 0 Å². The Morgan fingerprint density at radius 2 is 1.27 bits per heavy atom. The molecule has 0 bridgehead atoms. The lowest BCUT2D eigenvalue weighted by molar-refractivity contribution is 0.986. The van der Waals surface area contributed by atoms with Gasteiger partial charge < -0.3 is 0 Å². The zero-order valence-corrected chi connectivity index (χ0v) is 8.94. The van der Waals surface area contributed by atoms with Crippen molar-refractivity contribution in [1.29, 1.82) is 0 Å². The van der Waals surface area contributed by atoms with E-state index in [1.165, 1.54) is 6.20 Å². The number of hydrogen-bond donors (Lipinski definition) is 1. The molecule has 0 spiro atoms. The van der Waals surface area contributed by atoms with Crippen molar-refractivity contribution >= 4 is 6.72 Å². The van der Waals surface area contributed by atoms with E-state index in [2.05, 4.69) is 23.8 Å². The van der Waals surface area contributed by atoms with E-state index >= 15 is 0 Å². The van der Waals surface area contributed by atoms with Crippen LogP contribution in [0.5, 0.6) is 0 Å². The van der Waals surface area contributed by atoms with Crippen LogP contribution in [0.2, 0.25) is 0 Å². The van der Waals surface area contributed by atoms with Crippen LogP contribution in [-0.4, -0.2) is 6.72 Å². The molecule has 0 aliphatic heterocycles. The molecule has 0 aromatic heterocycles. The summed E-state index contributed by atoms with van der Waals surface area (Å²) in [6.07, 6.45) is 1.45. The summed E-state index contributed by atoms with van der Waals surface area (Å²) in [6, 6.07) is 0. The van der Waals surface area contributed by atoms with E-state index in [1.807, 2.05) is 41.5 Å². The molecule has 0 aliphatic carbocycles. The Bertz CT molecular complexity index is 36.8. The average molecular weight is 160 g/mol. The maximum Gasteiger partial charge on any atom is 0.0127 e. The Morgan fingerprint density at radius 3 is 1.27 bits per heavy atom. The normalized spacial score (nSPS) is 4.18. The highest BCUT2D eigenvalue weighted by Crippen LogP contribution is 1.44. The monoisotopic (exact) mass is 160 g/mol. The molecule has 0 aromatic rings. The van der Waals surface area contributed by atoms with Crippen molar-refractivity contribution in [2.24, 2.45) is 5.10 Å². The molecule has 1 N–H and O–H groups in total. The van der Waals surface area contributed by atoms with Gasteiger partial charge in [-0.2, -0.15) is 5.10 Å². The molecule has 0 radical (unpaired) electrons. The molecule has 11 heavy (non-hydrogen) atoms.